The third-order valence-electron chi connectivity index (χ3n) is 4.71. The zero-order chi connectivity index (χ0) is 17.0. The molecule has 3 rings (SSSR count). The predicted molar refractivity (Wildman–Crippen MR) is 91.1 cm³/mol. The number of hydrogen-bond acceptors (Lipinski definition) is 4. The van der Waals surface area contributed by atoms with Crippen molar-refractivity contribution in [3.63, 3.8) is 0 Å². The molecule has 0 aliphatic carbocycles. The zero-order valence-electron chi connectivity index (χ0n) is 13.5. The Balaban J connectivity index is 2.05. The summed E-state index contributed by atoms with van der Waals surface area (Å²) in [6.45, 7) is 6.52. The van der Waals surface area contributed by atoms with E-state index in [-0.39, 0.29) is 16.5 Å². The van der Waals surface area contributed by atoms with Gasteiger partial charge in [-0.15, -0.1) is 0 Å². The van der Waals surface area contributed by atoms with E-state index in [9.17, 15) is 8.42 Å². The second-order valence-corrected chi connectivity index (χ2v) is 9.15. The first kappa shape index (κ1) is 16.8. The molecule has 2 heterocycles. The molecule has 1 saturated heterocycles. The number of rotatable bonds is 2. The third kappa shape index (κ3) is 2.78. The summed E-state index contributed by atoms with van der Waals surface area (Å²) in [6, 6.07) is 5.10. The third-order valence-corrected chi connectivity index (χ3v) is 6.79. The van der Waals surface area contributed by atoms with E-state index < -0.39 is 10.0 Å². The number of aryl methyl sites for hydroxylation is 1. The number of piperidine rings is 1. The van der Waals surface area contributed by atoms with Crippen molar-refractivity contribution in [1.82, 2.24) is 4.31 Å². The van der Waals surface area contributed by atoms with Crippen molar-refractivity contribution in [3.8, 4) is 0 Å². The van der Waals surface area contributed by atoms with Gasteiger partial charge < -0.3 is 10.2 Å². The van der Waals surface area contributed by atoms with Gasteiger partial charge in [-0.2, -0.15) is 4.31 Å². The highest BCUT2D eigenvalue weighted by Crippen LogP contribution is 2.35. The van der Waals surface area contributed by atoms with Gasteiger partial charge in [0, 0.05) is 35.1 Å². The van der Waals surface area contributed by atoms with Gasteiger partial charge in [0.1, 0.15) is 5.58 Å². The summed E-state index contributed by atoms with van der Waals surface area (Å²) in [5.74, 6) is 0. The van der Waals surface area contributed by atoms with Crippen molar-refractivity contribution in [3.05, 3.63) is 28.8 Å². The van der Waals surface area contributed by atoms with Crippen LogP contribution in [0.1, 0.15) is 25.8 Å². The van der Waals surface area contributed by atoms with Crippen molar-refractivity contribution < 1.29 is 12.8 Å². The number of furan rings is 1. The van der Waals surface area contributed by atoms with Gasteiger partial charge in [-0.05, 0) is 37.0 Å². The summed E-state index contributed by atoms with van der Waals surface area (Å²) >= 11 is 6.00. The SMILES string of the molecule is Cc1c(S(=O)(=O)N2CCC(N)C(C)(C)C2)oc2ccc(Cl)cc12. The maximum atomic E-state index is 13.0. The molecule has 126 valence electrons. The average molecular weight is 357 g/mol. The van der Waals surface area contributed by atoms with Crippen LogP contribution in [0, 0.1) is 12.3 Å². The fourth-order valence-electron chi connectivity index (χ4n) is 3.06. The summed E-state index contributed by atoms with van der Waals surface area (Å²) < 4.78 is 33.2. The maximum absolute atomic E-state index is 13.0. The molecule has 1 aromatic heterocycles. The van der Waals surface area contributed by atoms with Crippen LogP contribution in [0.5, 0.6) is 0 Å². The van der Waals surface area contributed by atoms with Gasteiger partial charge in [0.25, 0.3) is 10.0 Å². The molecule has 0 saturated carbocycles. The number of sulfonamides is 1. The molecule has 1 unspecified atom stereocenters. The lowest BCUT2D eigenvalue weighted by molar-refractivity contribution is 0.154. The molecule has 2 aromatic rings. The van der Waals surface area contributed by atoms with Crippen LogP contribution in [-0.4, -0.2) is 31.9 Å². The minimum absolute atomic E-state index is 0.000961. The van der Waals surface area contributed by atoms with Gasteiger partial charge >= 0.3 is 0 Å². The molecule has 1 atom stereocenters. The van der Waals surface area contributed by atoms with Crippen LogP contribution in [0.2, 0.25) is 5.02 Å². The number of hydrogen-bond donors (Lipinski definition) is 1. The van der Waals surface area contributed by atoms with Gasteiger partial charge in [-0.3, -0.25) is 0 Å². The minimum atomic E-state index is -3.69. The highest BCUT2D eigenvalue weighted by atomic mass is 35.5. The van der Waals surface area contributed by atoms with E-state index in [1.54, 1.807) is 25.1 Å². The van der Waals surface area contributed by atoms with E-state index in [4.69, 9.17) is 21.8 Å². The Morgan fingerprint density at radius 1 is 1.39 bits per heavy atom. The smallest absolute Gasteiger partial charge is 0.276 e. The Kier molecular flexibility index (Phi) is 3.99. The molecule has 7 heteroatoms. The van der Waals surface area contributed by atoms with Gasteiger partial charge in [0.05, 0.1) is 0 Å². The molecule has 2 N–H and O–H groups in total. The lowest BCUT2D eigenvalue weighted by Crippen LogP contribution is -2.53. The quantitative estimate of drug-likeness (QED) is 0.896. The zero-order valence-corrected chi connectivity index (χ0v) is 15.0. The second-order valence-electron chi connectivity index (χ2n) is 6.88. The highest BCUT2D eigenvalue weighted by Gasteiger charge is 2.40. The van der Waals surface area contributed by atoms with Crippen molar-refractivity contribution in [2.45, 2.75) is 38.3 Å². The van der Waals surface area contributed by atoms with Crippen LogP contribution >= 0.6 is 11.6 Å². The molecular weight excluding hydrogens is 336 g/mol. The fourth-order valence-corrected chi connectivity index (χ4v) is 5.01. The Morgan fingerprint density at radius 2 is 2.09 bits per heavy atom. The first-order chi connectivity index (χ1) is 10.6. The molecule has 1 aliphatic rings. The molecule has 0 bridgehead atoms. The topological polar surface area (TPSA) is 76.5 Å². The summed E-state index contributed by atoms with van der Waals surface area (Å²) in [7, 11) is -3.69. The lowest BCUT2D eigenvalue weighted by atomic mass is 9.81. The van der Waals surface area contributed by atoms with Crippen LogP contribution < -0.4 is 5.73 Å². The van der Waals surface area contributed by atoms with Crippen molar-refractivity contribution in [2.75, 3.05) is 13.1 Å². The average Bonchev–Trinajstić information content (AvgIpc) is 2.79. The Labute approximate surface area is 141 Å². The molecule has 1 aliphatic heterocycles. The van der Waals surface area contributed by atoms with Crippen LogP contribution in [0.3, 0.4) is 0 Å². The van der Waals surface area contributed by atoms with Crippen molar-refractivity contribution >= 4 is 32.6 Å². The summed E-state index contributed by atoms with van der Waals surface area (Å²) in [5, 5.41) is 1.28. The van der Waals surface area contributed by atoms with Crippen LogP contribution in [0.25, 0.3) is 11.0 Å². The van der Waals surface area contributed by atoms with E-state index in [1.165, 1.54) is 4.31 Å². The van der Waals surface area contributed by atoms with E-state index in [1.807, 2.05) is 13.8 Å². The van der Waals surface area contributed by atoms with Gasteiger partial charge in [-0.1, -0.05) is 25.4 Å². The molecule has 0 spiro atoms. The van der Waals surface area contributed by atoms with Crippen LogP contribution in [-0.2, 0) is 10.0 Å². The molecule has 1 aromatic carbocycles. The number of nitrogens with two attached hydrogens (primary N) is 1. The maximum Gasteiger partial charge on any atom is 0.276 e. The molecule has 5 nitrogen and oxygen atoms in total. The molecule has 1 fully saturated rings. The fraction of sp³-hybridized carbons (Fsp3) is 0.500. The van der Waals surface area contributed by atoms with Gasteiger partial charge in [0.2, 0.25) is 5.09 Å². The largest absolute Gasteiger partial charge is 0.443 e. The van der Waals surface area contributed by atoms with Crippen LogP contribution in [0.4, 0.5) is 0 Å². The predicted octanol–water partition coefficient (Wildman–Crippen LogP) is 3.14. The number of nitrogens with zero attached hydrogens (tertiary/aromatic N) is 1. The Hall–Kier alpha value is -1.08. The van der Waals surface area contributed by atoms with Crippen LogP contribution in [0.15, 0.2) is 27.7 Å². The minimum Gasteiger partial charge on any atom is -0.443 e. The number of benzene rings is 1. The summed E-state index contributed by atoms with van der Waals surface area (Å²) in [4.78, 5) is 0. The summed E-state index contributed by atoms with van der Waals surface area (Å²) in [6.07, 6.45) is 0.636. The first-order valence-corrected chi connectivity index (χ1v) is 9.39. The molecule has 0 radical (unpaired) electrons. The standard InChI is InChI=1S/C16H21ClN2O3S/c1-10-12-8-11(17)4-5-13(12)22-15(10)23(20,21)19-7-6-14(18)16(2,3)9-19/h4-5,8,14H,6-7,9,18H2,1-3H3. The Bertz CT molecular complexity index is 858. The van der Waals surface area contributed by atoms with E-state index in [0.29, 0.717) is 35.7 Å². The number of fused-ring (bicyclic) bond motifs is 1. The molecular formula is C16H21ClN2O3S. The highest BCUT2D eigenvalue weighted by molar-refractivity contribution is 7.89. The molecule has 0 amide bonds. The molecule has 23 heavy (non-hydrogen) atoms. The Morgan fingerprint density at radius 3 is 2.74 bits per heavy atom. The monoisotopic (exact) mass is 356 g/mol. The van der Waals surface area contributed by atoms with E-state index >= 15 is 0 Å². The van der Waals surface area contributed by atoms with Crippen molar-refractivity contribution in [1.29, 1.82) is 0 Å². The van der Waals surface area contributed by atoms with Gasteiger partial charge in [-0.25, -0.2) is 8.42 Å². The lowest BCUT2D eigenvalue weighted by Gasteiger charge is -2.41. The second kappa shape index (κ2) is 5.48. The first-order valence-electron chi connectivity index (χ1n) is 7.57. The van der Waals surface area contributed by atoms with E-state index in [2.05, 4.69) is 0 Å². The normalized spacial score (nSPS) is 22.6. The summed E-state index contributed by atoms with van der Waals surface area (Å²) in [5.41, 5.74) is 6.95. The number of halogens is 1. The van der Waals surface area contributed by atoms with E-state index in [0.717, 1.165) is 5.39 Å². The van der Waals surface area contributed by atoms with Gasteiger partial charge in [0.15, 0.2) is 0 Å². The van der Waals surface area contributed by atoms with Crippen molar-refractivity contribution in [2.24, 2.45) is 11.1 Å².